The third-order valence-electron chi connectivity index (χ3n) is 4.28. The summed E-state index contributed by atoms with van der Waals surface area (Å²) in [6.07, 6.45) is 7.45. The molecule has 2 rings (SSSR count). The zero-order chi connectivity index (χ0) is 15.3. The third kappa shape index (κ3) is 6.81. The molecule has 6 N–H and O–H groups in total. The second kappa shape index (κ2) is 9.80. The van der Waals surface area contributed by atoms with Crippen LogP contribution in [0.2, 0.25) is 0 Å². The summed E-state index contributed by atoms with van der Waals surface area (Å²) in [4.78, 5) is 11.5. The van der Waals surface area contributed by atoms with Gasteiger partial charge in [0.25, 0.3) is 0 Å². The second-order valence-electron chi connectivity index (χ2n) is 6.02. The van der Waals surface area contributed by atoms with Crippen LogP contribution in [0.25, 0.3) is 0 Å². The van der Waals surface area contributed by atoms with E-state index < -0.39 is 4.75 Å². The van der Waals surface area contributed by atoms with E-state index in [1.54, 1.807) is 0 Å². The molecule has 1 unspecified atom stereocenters. The maximum Gasteiger partial charge on any atom is 0.233 e. The van der Waals surface area contributed by atoms with Crippen molar-refractivity contribution in [1.29, 1.82) is 0 Å². The van der Waals surface area contributed by atoms with Crippen molar-refractivity contribution in [3.63, 3.8) is 0 Å². The Kier molecular flexibility index (Phi) is 9.27. The smallest absolute Gasteiger partial charge is 0.233 e. The van der Waals surface area contributed by atoms with Crippen LogP contribution < -0.4 is 10.5 Å². The molecule has 1 fully saturated rings. The van der Waals surface area contributed by atoms with Crippen LogP contribution in [-0.2, 0) is 11.2 Å². The van der Waals surface area contributed by atoms with Crippen molar-refractivity contribution < 1.29 is 20.5 Å². The number of rotatable bonds is 9. The minimum Gasteiger partial charge on any atom is -0.494 e. The fraction of sp³-hybridized carbons (Fsp3) is 0.588. The van der Waals surface area contributed by atoms with Crippen LogP contribution in [0.5, 0.6) is 5.75 Å². The number of benzene rings is 1. The van der Waals surface area contributed by atoms with Gasteiger partial charge in [-0.25, -0.2) is 0 Å². The highest BCUT2D eigenvalue weighted by Gasteiger charge is 2.29. The van der Waals surface area contributed by atoms with Gasteiger partial charge in [-0.05, 0) is 56.1 Å². The van der Waals surface area contributed by atoms with E-state index in [1.165, 1.54) is 36.6 Å². The van der Waals surface area contributed by atoms with Crippen LogP contribution >= 0.6 is 11.8 Å². The molecule has 1 saturated carbocycles. The van der Waals surface area contributed by atoms with Crippen LogP contribution in [0.1, 0.15) is 38.2 Å². The Hall–Kier alpha value is -1.24. The largest absolute Gasteiger partial charge is 0.494 e. The van der Waals surface area contributed by atoms with E-state index in [0.29, 0.717) is 0 Å². The Morgan fingerprint density at radius 1 is 1.30 bits per heavy atom. The van der Waals surface area contributed by atoms with E-state index >= 15 is 0 Å². The first kappa shape index (κ1) is 21.8. The molecule has 1 aliphatic rings. The molecule has 0 saturated heterocycles. The maximum atomic E-state index is 11.5. The SMILES string of the molecule is CSC(C)(CCc1ccc(OCCC2CC2)cc1)C(N)=O.O.O. The van der Waals surface area contributed by atoms with E-state index in [1.807, 2.05) is 25.3 Å². The Labute approximate surface area is 142 Å². The van der Waals surface area contributed by atoms with Gasteiger partial charge in [-0.3, -0.25) is 4.79 Å². The maximum absolute atomic E-state index is 11.5. The Bertz CT molecular complexity index is 476. The van der Waals surface area contributed by atoms with Crippen molar-refractivity contribution >= 4 is 17.7 Å². The lowest BCUT2D eigenvalue weighted by atomic mass is 9.99. The minimum absolute atomic E-state index is 0. The summed E-state index contributed by atoms with van der Waals surface area (Å²) < 4.78 is 5.25. The lowest BCUT2D eigenvalue weighted by Gasteiger charge is -2.23. The highest BCUT2D eigenvalue weighted by molar-refractivity contribution is 8.00. The number of carbonyl (C=O) groups excluding carboxylic acids is 1. The van der Waals surface area contributed by atoms with Gasteiger partial charge in [0.05, 0.1) is 11.4 Å². The molecule has 132 valence electrons. The van der Waals surface area contributed by atoms with E-state index in [0.717, 1.165) is 31.1 Å². The Morgan fingerprint density at radius 2 is 1.91 bits per heavy atom. The quantitative estimate of drug-likeness (QED) is 0.736. The normalized spacial score (nSPS) is 15.7. The van der Waals surface area contributed by atoms with Crippen molar-refractivity contribution in [1.82, 2.24) is 0 Å². The van der Waals surface area contributed by atoms with Gasteiger partial charge in [0, 0.05) is 0 Å². The van der Waals surface area contributed by atoms with E-state index in [2.05, 4.69) is 12.1 Å². The van der Waals surface area contributed by atoms with Crippen LogP contribution in [0.4, 0.5) is 0 Å². The molecule has 0 spiro atoms. The second-order valence-corrected chi connectivity index (χ2v) is 7.33. The molecule has 23 heavy (non-hydrogen) atoms. The number of nitrogens with two attached hydrogens (primary N) is 1. The Morgan fingerprint density at radius 3 is 2.39 bits per heavy atom. The van der Waals surface area contributed by atoms with Gasteiger partial charge >= 0.3 is 0 Å². The third-order valence-corrected chi connectivity index (χ3v) is 5.58. The average molecular weight is 343 g/mol. The standard InChI is InChI=1S/C17H25NO2S.2H2O/c1-17(21-2,16(18)19)11-9-13-5-7-15(8-6-13)20-12-10-14-3-4-14;;/h5-8,14H,3-4,9-12H2,1-2H3,(H2,18,19);2*1H2. The molecule has 1 aromatic rings. The van der Waals surface area contributed by atoms with E-state index in [-0.39, 0.29) is 16.9 Å². The summed E-state index contributed by atoms with van der Waals surface area (Å²) in [6, 6.07) is 8.19. The molecular formula is C17H29NO4S. The van der Waals surface area contributed by atoms with Gasteiger partial charge in [0.15, 0.2) is 0 Å². The predicted octanol–water partition coefficient (Wildman–Crippen LogP) is 1.76. The van der Waals surface area contributed by atoms with Crippen molar-refractivity contribution in [2.75, 3.05) is 12.9 Å². The van der Waals surface area contributed by atoms with E-state index in [4.69, 9.17) is 10.5 Å². The van der Waals surface area contributed by atoms with Gasteiger partial charge in [-0.15, -0.1) is 11.8 Å². The average Bonchev–Trinajstić information content (AvgIpc) is 3.30. The molecule has 1 aromatic carbocycles. The predicted molar refractivity (Wildman–Crippen MR) is 95.9 cm³/mol. The molecular weight excluding hydrogens is 314 g/mol. The van der Waals surface area contributed by atoms with Crippen LogP contribution in [-0.4, -0.2) is 34.5 Å². The van der Waals surface area contributed by atoms with Crippen molar-refractivity contribution in [3.8, 4) is 5.75 Å². The van der Waals surface area contributed by atoms with Gasteiger partial charge < -0.3 is 21.4 Å². The molecule has 0 aliphatic heterocycles. The highest BCUT2D eigenvalue weighted by Crippen LogP contribution is 2.32. The fourth-order valence-corrected chi connectivity index (χ4v) is 2.72. The number of primary amides is 1. The van der Waals surface area contributed by atoms with Gasteiger partial charge in [-0.1, -0.05) is 25.0 Å². The highest BCUT2D eigenvalue weighted by atomic mass is 32.2. The first-order valence-corrected chi connectivity index (χ1v) is 8.83. The van der Waals surface area contributed by atoms with Gasteiger partial charge in [-0.2, -0.15) is 0 Å². The molecule has 6 heteroatoms. The summed E-state index contributed by atoms with van der Waals surface area (Å²) in [5.41, 5.74) is 6.69. The lowest BCUT2D eigenvalue weighted by molar-refractivity contribution is -0.120. The summed E-state index contributed by atoms with van der Waals surface area (Å²) in [6.45, 7) is 2.73. The van der Waals surface area contributed by atoms with Crippen molar-refractivity contribution in [2.45, 2.75) is 43.8 Å². The molecule has 0 radical (unpaired) electrons. The molecule has 5 nitrogen and oxygen atoms in total. The van der Waals surface area contributed by atoms with Crippen LogP contribution in [0.3, 0.4) is 0 Å². The van der Waals surface area contributed by atoms with Gasteiger partial charge in [0.1, 0.15) is 5.75 Å². The topological polar surface area (TPSA) is 115 Å². The van der Waals surface area contributed by atoms with Gasteiger partial charge in [0.2, 0.25) is 5.91 Å². The summed E-state index contributed by atoms with van der Waals surface area (Å²) in [5, 5.41) is 0. The molecule has 0 bridgehead atoms. The van der Waals surface area contributed by atoms with E-state index in [9.17, 15) is 4.79 Å². The molecule has 1 atom stereocenters. The fourth-order valence-electron chi connectivity index (χ4n) is 2.21. The summed E-state index contributed by atoms with van der Waals surface area (Å²) in [5.74, 6) is 1.60. The minimum atomic E-state index is -0.487. The number of carbonyl (C=O) groups is 1. The van der Waals surface area contributed by atoms with Crippen LogP contribution in [0.15, 0.2) is 24.3 Å². The van der Waals surface area contributed by atoms with Crippen LogP contribution in [0, 0.1) is 5.92 Å². The number of hydrogen-bond acceptors (Lipinski definition) is 3. The molecule has 1 amide bonds. The first-order chi connectivity index (χ1) is 10.0. The number of hydrogen-bond donors (Lipinski definition) is 1. The molecule has 0 aromatic heterocycles. The number of amides is 1. The zero-order valence-electron chi connectivity index (χ0n) is 13.9. The number of thioether (sulfide) groups is 1. The summed E-state index contributed by atoms with van der Waals surface area (Å²) in [7, 11) is 0. The molecule has 0 heterocycles. The molecule has 1 aliphatic carbocycles. The number of aryl methyl sites for hydroxylation is 1. The zero-order valence-corrected chi connectivity index (χ0v) is 14.7. The summed E-state index contributed by atoms with van der Waals surface area (Å²) >= 11 is 1.52. The first-order valence-electron chi connectivity index (χ1n) is 7.60. The van der Waals surface area contributed by atoms with Crippen molar-refractivity contribution in [3.05, 3.63) is 29.8 Å². The monoisotopic (exact) mass is 343 g/mol. The van der Waals surface area contributed by atoms with Crippen molar-refractivity contribution in [2.24, 2.45) is 11.7 Å². The number of ether oxygens (including phenoxy) is 1. The Balaban J connectivity index is 0.00000242. The lowest BCUT2D eigenvalue weighted by Crippen LogP contribution is -2.38.